The summed E-state index contributed by atoms with van der Waals surface area (Å²) in [7, 11) is 0. The van der Waals surface area contributed by atoms with Gasteiger partial charge in [-0.2, -0.15) is 0 Å². The summed E-state index contributed by atoms with van der Waals surface area (Å²) in [5, 5.41) is 5.59. The van der Waals surface area contributed by atoms with Crippen molar-refractivity contribution < 1.29 is 14.4 Å². The number of benzene rings is 4. The van der Waals surface area contributed by atoms with Crippen LogP contribution in [0.4, 0.5) is 5.69 Å². The van der Waals surface area contributed by atoms with Crippen LogP contribution in [-0.4, -0.2) is 41.2 Å². The largest absolute Gasteiger partial charge is 0.352 e. The molecule has 0 aromatic heterocycles. The van der Waals surface area contributed by atoms with Crippen LogP contribution in [0.5, 0.6) is 0 Å². The summed E-state index contributed by atoms with van der Waals surface area (Å²) in [6.07, 6.45) is 0.292. The normalized spacial score (nSPS) is 13.1. The lowest BCUT2D eigenvalue weighted by atomic mass is 10.0. The molecule has 3 amide bonds. The van der Waals surface area contributed by atoms with Crippen LogP contribution in [0.15, 0.2) is 84.9 Å². The second-order valence-electron chi connectivity index (χ2n) is 10.2. The molecular formula is C32H29Cl2N3O3. The highest BCUT2D eigenvalue weighted by Gasteiger charge is 2.36. The first-order valence-corrected chi connectivity index (χ1v) is 13.9. The Labute approximate surface area is 243 Å². The molecule has 8 heteroatoms. The summed E-state index contributed by atoms with van der Waals surface area (Å²) in [6, 6.07) is 24.9. The van der Waals surface area contributed by atoms with E-state index in [-0.39, 0.29) is 36.9 Å². The van der Waals surface area contributed by atoms with Crippen LogP contribution < -0.4 is 10.2 Å². The predicted molar refractivity (Wildman–Crippen MR) is 160 cm³/mol. The molecule has 1 heterocycles. The fraction of sp³-hybridized carbons (Fsp3) is 0.219. The molecule has 1 N–H and O–H groups in total. The molecule has 1 aliphatic heterocycles. The molecule has 204 valence electrons. The lowest BCUT2D eigenvalue weighted by Crippen LogP contribution is -2.54. The zero-order chi connectivity index (χ0) is 28.4. The minimum Gasteiger partial charge on any atom is -0.352 e. The number of rotatable bonds is 9. The zero-order valence-corrected chi connectivity index (χ0v) is 23.7. The van der Waals surface area contributed by atoms with Crippen molar-refractivity contribution in [3.05, 3.63) is 112 Å². The third-order valence-corrected chi connectivity index (χ3v) is 7.59. The Morgan fingerprint density at radius 2 is 1.65 bits per heavy atom. The maximum Gasteiger partial charge on any atom is 0.259 e. The van der Waals surface area contributed by atoms with Gasteiger partial charge in [0.2, 0.25) is 11.8 Å². The molecule has 40 heavy (non-hydrogen) atoms. The van der Waals surface area contributed by atoms with Gasteiger partial charge in [0, 0.05) is 40.0 Å². The molecule has 4 aromatic carbocycles. The predicted octanol–water partition coefficient (Wildman–Crippen LogP) is 6.27. The van der Waals surface area contributed by atoms with E-state index in [1.807, 2.05) is 74.5 Å². The highest BCUT2D eigenvalue weighted by molar-refractivity contribution is 6.35. The number of carbonyl (C=O) groups is 3. The molecule has 0 saturated heterocycles. The van der Waals surface area contributed by atoms with Gasteiger partial charge in [0.15, 0.2) is 0 Å². The number of hydrogen-bond acceptors (Lipinski definition) is 3. The summed E-state index contributed by atoms with van der Waals surface area (Å²) in [5.74, 6) is -0.893. The first kappa shape index (κ1) is 27.7. The van der Waals surface area contributed by atoms with E-state index in [1.54, 1.807) is 24.3 Å². The molecule has 5 rings (SSSR count). The van der Waals surface area contributed by atoms with E-state index in [1.165, 1.54) is 9.80 Å². The van der Waals surface area contributed by atoms with Crippen molar-refractivity contribution in [2.45, 2.75) is 38.9 Å². The van der Waals surface area contributed by atoms with E-state index >= 15 is 0 Å². The van der Waals surface area contributed by atoms with Gasteiger partial charge in [-0.3, -0.25) is 19.3 Å². The third-order valence-electron chi connectivity index (χ3n) is 7.00. The number of nitrogens with zero attached hydrogens (tertiary/aromatic N) is 2. The van der Waals surface area contributed by atoms with Gasteiger partial charge in [0.25, 0.3) is 5.91 Å². The van der Waals surface area contributed by atoms with Crippen LogP contribution >= 0.6 is 23.2 Å². The van der Waals surface area contributed by atoms with Crippen LogP contribution in [0.3, 0.4) is 0 Å². The first-order valence-electron chi connectivity index (χ1n) is 13.1. The minimum absolute atomic E-state index is 0.0665. The molecule has 6 nitrogen and oxygen atoms in total. The van der Waals surface area contributed by atoms with Crippen molar-refractivity contribution in [3.63, 3.8) is 0 Å². The second-order valence-corrected chi connectivity index (χ2v) is 11.0. The third kappa shape index (κ3) is 5.69. The summed E-state index contributed by atoms with van der Waals surface area (Å²) < 4.78 is 0. The maximum atomic E-state index is 14.2. The van der Waals surface area contributed by atoms with Crippen LogP contribution in [0.25, 0.3) is 10.8 Å². The van der Waals surface area contributed by atoms with Crippen molar-refractivity contribution >= 4 is 57.4 Å². The van der Waals surface area contributed by atoms with E-state index in [0.29, 0.717) is 33.3 Å². The molecule has 1 aliphatic rings. The number of nitrogens with one attached hydrogen (secondary N) is 1. The monoisotopic (exact) mass is 573 g/mol. The van der Waals surface area contributed by atoms with Crippen LogP contribution in [-0.2, 0) is 22.6 Å². The van der Waals surface area contributed by atoms with Crippen LogP contribution in [0.2, 0.25) is 10.0 Å². The second kappa shape index (κ2) is 11.7. The Bertz CT molecular complexity index is 1580. The first-order chi connectivity index (χ1) is 19.2. The molecule has 0 radical (unpaired) electrons. The lowest BCUT2D eigenvalue weighted by Gasteiger charge is -2.33. The van der Waals surface area contributed by atoms with E-state index in [2.05, 4.69) is 5.32 Å². The summed E-state index contributed by atoms with van der Waals surface area (Å²) >= 11 is 12.7. The van der Waals surface area contributed by atoms with Crippen molar-refractivity contribution in [2.24, 2.45) is 0 Å². The number of halogens is 2. The van der Waals surface area contributed by atoms with Gasteiger partial charge in [0.05, 0.1) is 5.69 Å². The minimum atomic E-state index is -0.847. The lowest BCUT2D eigenvalue weighted by molar-refractivity contribution is -0.140. The molecule has 4 aromatic rings. The molecule has 0 spiro atoms. The van der Waals surface area contributed by atoms with Gasteiger partial charge >= 0.3 is 0 Å². The number of anilines is 1. The quantitative estimate of drug-likeness (QED) is 0.256. The molecule has 1 atom stereocenters. The fourth-order valence-corrected chi connectivity index (χ4v) is 5.60. The van der Waals surface area contributed by atoms with Gasteiger partial charge in [-0.25, -0.2) is 0 Å². The Morgan fingerprint density at radius 3 is 2.35 bits per heavy atom. The van der Waals surface area contributed by atoms with Gasteiger partial charge < -0.3 is 10.2 Å². The zero-order valence-electron chi connectivity index (χ0n) is 22.2. The van der Waals surface area contributed by atoms with Crippen molar-refractivity contribution in [3.8, 4) is 0 Å². The van der Waals surface area contributed by atoms with Gasteiger partial charge in [-0.05, 0) is 54.6 Å². The Hall–Kier alpha value is -3.87. The number of hydrogen-bond donors (Lipinski definition) is 1. The standard InChI is InChI=1S/C32H29Cl2N3O3/c1-20(2)35-31(39)28(16-21-8-4-3-5-9-21)36(18-23-14-15-24(33)17-26(23)34)29(38)19-37-27-13-7-11-22-10-6-12-25(30(22)27)32(37)40/h3-15,17,20,28H,16,18-19H2,1-2H3,(H,35,39). The number of carbonyl (C=O) groups excluding carboxylic acids is 3. The van der Waals surface area contributed by atoms with Gasteiger partial charge in [0.1, 0.15) is 12.6 Å². The molecule has 0 aliphatic carbocycles. The summed E-state index contributed by atoms with van der Waals surface area (Å²) in [6.45, 7) is 3.59. The Kier molecular flexibility index (Phi) is 8.10. The van der Waals surface area contributed by atoms with Gasteiger partial charge in [-0.1, -0.05) is 83.9 Å². The molecule has 0 saturated carbocycles. The topological polar surface area (TPSA) is 69.7 Å². The van der Waals surface area contributed by atoms with E-state index in [9.17, 15) is 14.4 Å². The van der Waals surface area contributed by atoms with Crippen molar-refractivity contribution in [1.82, 2.24) is 10.2 Å². The fourth-order valence-electron chi connectivity index (χ4n) is 5.13. The summed E-state index contributed by atoms with van der Waals surface area (Å²) in [4.78, 5) is 44.3. The number of amides is 3. The molecule has 0 bridgehead atoms. The van der Waals surface area contributed by atoms with E-state index in [4.69, 9.17) is 23.2 Å². The summed E-state index contributed by atoms with van der Waals surface area (Å²) in [5.41, 5.74) is 2.79. The van der Waals surface area contributed by atoms with Crippen LogP contribution in [0.1, 0.15) is 35.3 Å². The average molecular weight is 575 g/mol. The van der Waals surface area contributed by atoms with Crippen LogP contribution in [0, 0.1) is 0 Å². The smallest absolute Gasteiger partial charge is 0.259 e. The highest BCUT2D eigenvalue weighted by Crippen LogP contribution is 2.37. The van der Waals surface area contributed by atoms with Crippen molar-refractivity contribution in [1.29, 1.82) is 0 Å². The SMILES string of the molecule is CC(C)NC(=O)C(Cc1ccccc1)N(Cc1ccc(Cl)cc1Cl)C(=O)CN1C(=O)c2cccc3cccc1c23. The van der Waals surface area contributed by atoms with E-state index < -0.39 is 6.04 Å². The van der Waals surface area contributed by atoms with Gasteiger partial charge in [-0.15, -0.1) is 0 Å². The maximum absolute atomic E-state index is 14.2. The average Bonchev–Trinajstić information content (AvgIpc) is 3.19. The molecule has 1 unspecified atom stereocenters. The Balaban J connectivity index is 1.53. The highest BCUT2D eigenvalue weighted by atomic mass is 35.5. The Morgan fingerprint density at radius 1 is 0.925 bits per heavy atom. The van der Waals surface area contributed by atoms with E-state index in [0.717, 1.165) is 16.3 Å². The molecular weight excluding hydrogens is 545 g/mol. The molecule has 0 fully saturated rings. The van der Waals surface area contributed by atoms with Crippen molar-refractivity contribution in [2.75, 3.05) is 11.4 Å².